The average Bonchev–Trinajstić information content (AvgIpc) is 3.17. The van der Waals surface area contributed by atoms with Crippen LogP contribution in [0.3, 0.4) is 0 Å². The number of phosphoric ester groups is 1. The molecule has 0 aromatic heterocycles. The number of hydrogen-bond acceptors (Lipinski definition) is 4. The van der Waals surface area contributed by atoms with Crippen LogP contribution in [0.4, 0.5) is 0 Å². The van der Waals surface area contributed by atoms with Crippen LogP contribution in [-0.2, 0) is 18.1 Å². The van der Waals surface area contributed by atoms with Crippen LogP contribution in [0.1, 0.15) is 33.1 Å². The third kappa shape index (κ3) is 2.18. The van der Waals surface area contributed by atoms with Crippen LogP contribution in [0.5, 0.6) is 0 Å². The summed E-state index contributed by atoms with van der Waals surface area (Å²) in [6.45, 7) is 4.37. The van der Waals surface area contributed by atoms with Crippen LogP contribution in [0.25, 0.3) is 0 Å². The first-order valence-corrected chi connectivity index (χ1v) is 9.87. The minimum absolute atomic E-state index is 0.0629. The minimum Gasteiger partial charge on any atom is -0.287 e. The van der Waals surface area contributed by atoms with E-state index >= 15 is 0 Å². The highest BCUT2D eigenvalue weighted by atomic mass is 31.2. The van der Waals surface area contributed by atoms with Gasteiger partial charge in [-0.05, 0) is 68.6 Å². The molecular formula is C16H25O4P. The molecule has 0 spiro atoms. The van der Waals surface area contributed by atoms with E-state index in [2.05, 4.69) is 12.2 Å². The van der Waals surface area contributed by atoms with Crippen LogP contribution < -0.4 is 0 Å². The Bertz CT molecular complexity index is 481. The van der Waals surface area contributed by atoms with Crippen molar-refractivity contribution in [2.45, 2.75) is 39.2 Å². The lowest BCUT2D eigenvalue weighted by Gasteiger charge is -2.37. The molecule has 0 aromatic rings. The van der Waals surface area contributed by atoms with E-state index < -0.39 is 7.82 Å². The summed E-state index contributed by atoms with van der Waals surface area (Å²) < 4.78 is 29.2. The maximum atomic E-state index is 12.6. The summed E-state index contributed by atoms with van der Waals surface area (Å²) in [5.74, 6) is 4.46. The van der Waals surface area contributed by atoms with E-state index in [0.29, 0.717) is 19.1 Å². The lowest BCUT2D eigenvalue weighted by atomic mass is 9.72. The fraction of sp³-hybridized carbons (Fsp3) is 0.875. The summed E-state index contributed by atoms with van der Waals surface area (Å²) in [6.07, 6.45) is 8.53. The molecule has 5 heteroatoms. The van der Waals surface area contributed by atoms with E-state index in [0.717, 1.165) is 36.0 Å². The highest BCUT2D eigenvalue weighted by molar-refractivity contribution is 7.48. The number of rotatable bonds is 6. The van der Waals surface area contributed by atoms with Crippen LogP contribution in [0.15, 0.2) is 12.2 Å². The Hall–Kier alpha value is -0.150. The average molecular weight is 312 g/mol. The zero-order valence-electron chi connectivity index (χ0n) is 12.8. The predicted molar refractivity (Wildman–Crippen MR) is 79.7 cm³/mol. The second-order valence-electron chi connectivity index (χ2n) is 6.92. The molecular weight excluding hydrogens is 287 g/mol. The monoisotopic (exact) mass is 312 g/mol. The van der Waals surface area contributed by atoms with Gasteiger partial charge in [0.05, 0.1) is 19.3 Å². The van der Waals surface area contributed by atoms with Gasteiger partial charge in [-0.2, -0.15) is 0 Å². The van der Waals surface area contributed by atoms with Crippen LogP contribution >= 0.6 is 7.82 Å². The summed E-state index contributed by atoms with van der Waals surface area (Å²) in [6, 6.07) is 0. The zero-order valence-corrected chi connectivity index (χ0v) is 13.7. The summed E-state index contributed by atoms with van der Waals surface area (Å²) in [7, 11) is -3.37. The molecule has 21 heavy (non-hydrogen) atoms. The molecule has 0 aromatic carbocycles. The van der Waals surface area contributed by atoms with Gasteiger partial charge in [-0.3, -0.25) is 13.6 Å². The lowest BCUT2D eigenvalue weighted by Crippen LogP contribution is -2.35. The maximum Gasteiger partial charge on any atom is 0.475 e. The Morgan fingerprint density at radius 2 is 1.67 bits per heavy atom. The minimum atomic E-state index is -3.37. The fourth-order valence-electron chi connectivity index (χ4n) is 5.66. The quantitative estimate of drug-likeness (QED) is 0.422. The molecule has 4 aliphatic carbocycles. The highest BCUT2D eigenvalue weighted by Gasteiger charge is 2.62. The van der Waals surface area contributed by atoms with Crippen LogP contribution in [0.2, 0.25) is 0 Å². The van der Waals surface area contributed by atoms with Crippen molar-refractivity contribution in [3.05, 3.63) is 12.2 Å². The second kappa shape index (κ2) is 5.19. The van der Waals surface area contributed by atoms with Crippen LogP contribution in [0, 0.1) is 35.5 Å². The van der Waals surface area contributed by atoms with Gasteiger partial charge in [-0.25, -0.2) is 4.57 Å². The lowest BCUT2D eigenvalue weighted by molar-refractivity contribution is 0.0236. The van der Waals surface area contributed by atoms with E-state index in [1.165, 1.54) is 12.8 Å². The van der Waals surface area contributed by atoms with E-state index in [4.69, 9.17) is 13.6 Å². The van der Waals surface area contributed by atoms with E-state index in [1.807, 2.05) is 13.8 Å². The molecule has 4 aliphatic rings. The number of allylic oxidation sites excluding steroid dienone is 2. The molecule has 0 aliphatic heterocycles. The Labute approximate surface area is 126 Å². The maximum absolute atomic E-state index is 12.6. The molecule has 3 fully saturated rings. The van der Waals surface area contributed by atoms with E-state index in [-0.39, 0.29) is 6.10 Å². The number of phosphoric acid groups is 1. The second-order valence-corrected chi connectivity index (χ2v) is 8.55. The molecule has 0 amide bonds. The van der Waals surface area contributed by atoms with Crippen molar-refractivity contribution in [3.8, 4) is 0 Å². The first kappa shape index (κ1) is 14.4. The van der Waals surface area contributed by atoms with Crippen molar-refractivity contribution in [1.82, 2.24) is 0 Å². The molecule has 7 atom stereocenters. The fourth-order valence-corrected chi connectivity index (χ4v) is 7.06. The zero-order chi connectivity index (χ0) is 14.6. The number of fused-ring (bicyclic) bond motifs is 9. The largest absolute Gasteiger partial charge is 0.475 e. The standard InChI is InChI=1S/C16H25O4P/c1-3-18-21(17,19-4-2)20-14-9-12-8-13(14)16-11-6-5-10(7-11)15(12)16/h5-6,10-16H,3-4,7-9H2,1-2H3. The Balaban J connectivity index is 1.49. The smallest absolute Gasteiger partial charge is 0.287 e. The topological polar surface area (TPSA) is 44.8 Å². The molecule has 0 heterocycles. The van der Waals surface area contributed by atoms with Gasteiger partial charge in [0.1, 0.15) is 0 Å². The van der Waals surface area contributed by atoms with Crippen molar-refractivity contribution in [2.75, 3.05) is 13.2 Å². The van der Waals surface area contributed by atoms with Gasteiger partial charge in [0, 0.05) is 0 Å². The SMILES string of the molecule is CCOP(=O)(OCC)OC1CC2CC1C1C3C=CC(C3)C21. The molecule has 7 unspecified atom stereocenters. The molecule has 118 valence electrons. The molecule has 4 nitrogen and oxygen atoms in total. The van der Waals surface area contributed by atoms with Crippen molar-refractivity contribution >= 4 is 7.82 Å². The first-order valence-electron chi connectivity index (χ1n) is 8.41. The highest BCUT2D eigenvalue weighted by Crippen LogP contribution is 2.67. The Morgan fingerprint density at radius 1 is 1.00 bits per heavy atom. The molecule has 0 radical (unpaired) electrons. The van der Waals surface area contributed by atoms with Crippen molar-refractivity contribution < 1.29 is 18.1 Å². The third-order valence-electron chi connectivity index (χ3n) is 6.05. The molecule has 3 saturated carbocycles. The predicted octanol–water partition coefficient (Wildman–Crippen LogP) is 4.03. The summed E-state index contributed by atoms with van der Waals surface area (Å²) in [5.41, 5.74) is 0. The Kier molecular flexibility index (Phi) is 3.57. The first-order chi connectivity index (χ1) is 10.1. The van der Waals surface area contributed by atoms with Gasteiger partial charge in [0.25, 0.3) is 0 Å². The molecule has 4 rings (SSSR count). The number of hydrogen-bond donors (Lipinski definition) is 0. The summed E-state index contributed by atoms with van der Waals surface area (Å²) in [5, 5.41) is 0. The van der Waals surface area contributed by atoms with Gasteiger partial charge in [0.15, 0.2) is 0 Å². The van der Waals surface area contributed by atoms with Crippen molar-refractivity contribution in [2.24, 2.45) is 35.5 Å². The third-order valence-corrected chi connectivity index (χ3v) is 7.73. The summed E-state index contributed by atoms with van der Waals surface area (Å²) >= 11 is 0. The van der Waals surface area contributed by atoms with Gasteiger partial charge < -0.3 is 0 Å². The van der Waals surface area contributed by atoms with E-state index in [1.54, 1.807) is 0 Å². The van der Waals surface area contributed by atoms with E-state index in [9.17, 15) is 4.57 Å². The van der Waals surface area contributed by atoms with Gasteiger partial charge in [-0.15, -0.1) is 0 Å². The van der Waals surface area contributed by atoms with Crippen molar-refractivity contribution in [1.29, 1.82) is 0 Å². The molecule has 0 N–H and O–H groups in total. The van der Waals surface area contributed by atoms with Crippen molar-refractivity contribution in [3.63, 3.8) is 0 Å². The Morgan fingerprint density at radius 3 is 2.33 bits per heavy atom. The van der Waals surface area contributed by atoms with Gasteiger partial charge in [-0.1, -0.05) is 12.2 Å². The molecule has 0 saturated heterocycles. The normalized spacial score (nSPS) is 46.5. The van der Waals surface area contributed by atoms with Crippen LogP contribution in [-0.4, -0.2) is 19.3 Å². The molecule has 4 bridgehead atoms. The summed E-state index contributed by atoms with van der Waals surface area (Å²) in [4.78, 5) is 0. The van der Waals surface area contributed by atoms with Gasteiger partial charge in [0.2, 0.25) is 0 Å². The van der Waals surface area contributed by atoms with Gasteiger partial charge >= 0.3 is 7.82 Å².